The third-order valence-electron chi connectivity index (χ3n) is 3.31. The van der Waals surface area contributed by atoms with Crippen molar-refractivity contribution in [3.63, 3.8) is 0 Å². The second-order valence-electron chi connectivity index (χ2n) is 4.53. The van der Waals surface area contributed by atoms with Gasteiger partial charge in [-0.2, -0.15) is 5.10 Å². The maximum Gasteiger partial charge on any atom is 0.130 e. The van der Waals surface area contributed by atoms with Crippen LogP contribution in [0.1, 0.15) is 31.5 Å². The highest BCUT2D eigenvalue weighted by molar-refractivity contribution is 6.30. The quantitative estimate of drug-likeness (QED) is 0.829. The van der Waals surface area contributed by atoms with Crippen LogP contribution in [-0.2, 0) is 18.2 Å². The lowest BCUT2D eigenvalue weighted by atomic mass is 10.00. The number of rotatable bonds is 7. The molecule has 0 aliphatic heterocycles. The van der Waals surface area contributed by atoms with Crippen LogP contribution >= 0.6 is 11.6 Å². The summed E-state index contributed by atoms with van der Waals surface area (Å²) in [7, 11) is 3.63. The molecule has 4 nitrogen and oxygen atoms in total. The van der Waals surface area contributed by atoms with E-state index in [0.717, 1.165) is 35.8 Å². The summed E-state index contributed by atoms with van der Waals surface area (Å²) in [5.74, 6) is 0. The van der Waals surface area contributed by atoms with Gasteiger partial charge in [0.05, 0.1) is 11.8 Å². The molecule has 1 N–H and O–H groups in total. The van der Waals surface area contributed by atoms with Gasteiger partial charge in [0.25, 0.3) is 0 Å². The summed E-state index contributed by atoms with van der Waals surface area (Å²) in [5.41, 5.74) is 2.11. The minimum absolute atomic E-state index is 0.195. The smallest absolute Gasteiger partial charge is 0.130 e. The molecule has 2 atom stereocenters. The SMILES string of the molecule is CCNC(Cc1c(C)nn(C)c1Cl)C(CC)OC. The Morgan fingerprint density at radius 2 is 2.11 bits per heavy atom. The van der Waals surface area contributed by atoms with Gasteiger partial charge in [0, 0.05) is 25.8 Å². The average molecular weight is 274 g/mol. The Labute approximate surface area is 115 Å². The average Bonchev–Trinajstić information content (AvgIpc) is 2.57. The van der Waals surface area contributed by atoms with Gasteiger partial charge in [-0.3, -0.25) is 4.68 Å². The first kappa shape index (κ1) is 15.5. The molecule has 1 heterocycles. The number of ether oxygens (including phenoxy) is 1. The van der Waals surface area contributed by atoms with Gasteiger partial charge >= 0.3 is 0 Å². The molecule has 1 aromatic heterocycles. The van der Waals surface area contributed by atoms with Crippen LogP contribution in [0.3, 0.4) is 0 Å². The fourth-order valence-electron chi connectivity index (χ4n) is 2.34. The van der Waals surface area contributed by atoms with Crippen molar-refractivity contribution in [1.82, 2.24) is 15.1 Å². The molecule has 0 spiro atoms. The third kappa shape index (κ3) is 3.46. The van der Waals surface area contributed by atoms with Crippen LogP contribution in [-0.4, -0.2) is 35.6 Å². The molecule has 104 valence electrons. The molecule has 0 radical (unpaired) electrons. The number of halogens is 1. The Morgan fingerprint density at radius 1 is 1.44 bits per heavy atom. The Balaban J connectivity index is 2.88. The van der Waals surface area contributed by atoms with Gasteiger partial charge in [-0.1, -0.05) is 25.4 Å². The predicted octanol–water partition coefficient (Wildman–Crippen LogP) is 2.33. The number of aryl methyl sites for hydroxylation is 2. The number of hydrogen-bond donors (Lipinski definition) is 1. The molecule has 0 saturated carbocycles. The summed E-state index contributed by atoms with van der Waals surface area (Å²) in [6.45, 7) is 7.16. The maximum absolute atomic E-state index is 6.28. The van der Waals surface area contributed by atoms with Crippen molar-refractivity contribution in [2.24, 2.45) is 7.05 Å². The minimum Gasteiger partial charge on any atom is -0.380 e. The van der Waals surface area contributed by atoms with E-state index < -0.39 is 0 Å². The zero-order valence-corrected chi connectivity index (χ0v) is 12.7. The summed E-state index contributed by atoms with van der Waals surface area (Å²) in [6.07, 6.45) is 2.02. The number of likely N-dealkylation sites (N-methyl/N-ethyl adjacent to an activating group) is 1. The van der Waals surface area contributed by atoms with Gasteiger partial charge in [-0.05, 0) is 26.3 Å². The standard InChI is InChI=1S/C13H24ClN3O/c1-6-12(18-5)11(15-7-2)8-10-9(3)16-17(4)13(10)14/h11-12,15H,6-8H2,1-5H3. The Kier molecular flexibility index (Phi) is 6.12. The summed E-state index contributed by atoms with van der Waals surface area (Å²) in [5, 5.41) is 8.55. The topological polar surface area (TPSA) is 39.1 Å². The Morgan fingerprint density at radius 3 is 2.50 bits per heavy atom. The van der Waals surface area contributed by atoms with Crippen LogP contribution in [0.4, 0.5) is 0 Å². The number of aromatic nitrogens is 2. The van der Waals surface area contributed by atoms with Crippen LogP contribution in [0.5, 0.6) is 0 Å². The van der Waals surface area contributed by atoms with Gasteiger partial charge in [-0.15, -0.1) is 0 Å². The van der Waals surface area contributed by atoms with Crippen molar-refractivity contribution in [2.45, 2.75) is 45.8 Å². The fourth-order valence-corrected chi connectivity index (χ4v) is 2.59. The molecule has 0 fully saturated rings. The number of methoxy groups -OCH3 is 1. The lowest BCUT2D eigenvalue weighted by Crippen LogP contribution is -2.42. The van der Waals surface area contributed by atoms with E-state index in [0.29, 0.717) is 0 Å². The second-order valence-corrected chi connectivity index (χ2v) is 4.89. The van der Waals surface area contributed by atoms with E-state index in [-0.39, 0.29) is 12.1 Å². The Hall–Kier alpha value is -0.580. The monoisotopic (exact) mass is 273 g/mol. The first-order valence-corrected chi connectivity index (χ1v) is 6.87. The second kappa shape index (κ2) is 7.12. The van der Waals surface area contributed by atoms with Crippen molar-refractivity contribution < 1.29 is 4.74 Å². The largest absolute Gasteiger partial charge is 0.380 e. The van der Waals surface area contributed by atoms with Crippen molar-refractivity contribution in [1.29, 1.82) is 0 Å². The van der Waals surface area contributed by atoms with E-state index >= 15 is 0 Å². The zero-order chi connectivity index (χ0) is 13.7. The van der Waals surface area contributed by atoms with Gasteiger partial charge in [-0.25, -0.2) is 0 Å². The van der Waals surface area contributed by atoms with E-state index in [1.165, 1.54) is 0 Å². The molecule has 18 heavy (non-hydrogen) atoms. The summed E-state index contributed by atoms with van der Waals surface area (Å²) in [6, 6.07) is 0.269. The van der Waals surface area contributed by atoms with Crippen molar-refractivity contribution in [3.8, 4) is 0 Å². The van der Waals surface area contributed by atoms with E-state index in [1.807, 2.05) is 14.0 Å². The fraction of sp³-hybridized carbons (Fsp3) is 0.769. The Bertz CT molecular complexity index is 375. The predicted molar refractivity (Wildman–Crippen MR) is 75.2 cm³/mol. The van der Waals surface area contributed by atoms with E-state index in [2.05, 4.69) is 24.3 Å². The minimum atomic E-state index is 0.195. The molecular formula is C13H24ClN3O. The third-order valence-corrected chi connectivity index (χ3v) is 3.79. The molecule has 2 unspecified atom stereocenters. The van der Waals surface area contributed by atoms with Crippen LogP contribution < -0.4 is 5.32 Å². The van der Waals surface area contributed by atoms with Crippen LogP contribution in [0, 0.1) is 6.92 Å². The highest BCUT2D eigenvalue weighted by Gasteiger charge is 2.22. The molecule has 0 aliphatic rings. The number of nitrogens with one attached hydrogen (secondary N) is 1. The summed E-state index contributed by atoms with van der Waals surface area (Å²) in [4.78, 5) is 0. The van der Waals surface area contributed by atoms with E-state index in [1.54, 1.807) is 11.8 Å². The van der Waals surface area contributed by atoms with E-state index in [4.69, 9.17) is 16.3 Å². The highest BCUT2D eigenvalue weighted by atomic mass is 35.5. The molecule has 0 amide bonds. The van der Waals surface area contributed by atoms with Crippen LogP contribution in [0.25, 0.3) is 0 Å². The van der Waals surface area contributed by atoms with Gasteiger partial charge in [0.1, 0.15) is 5.15 Å². The molecule has 0 saturated heterocycles. The maximum atomic E-state index is 6.28. The van der Waals surface area contributed by atoms with E-state index in [9.17, 15) is 0 Å². The number of nitrogens with zero attached hydrogens (tertiary/aromatic N) is 2. The molecule has 1 aromatic rings. The van der Waals surface area contributed by atoms with Crippen molar-refractivity contribution in [3.05, 3.63) is 16.4 Å². The lowest BCUT2D eigenvalue weighted by Gasteiger charge is -2.26. The number of hydrogen-bond acceptors (Lipinski definition) is 3. The van der Waals surface area contributed by atoms with Gasteiger partial charge < -0.3 is 10.1 Å². The van der Waals surface area contributed by atoms with Crippen LogP contribution in [0.15, 0.2) is 0 Å². The van der Waals surface area contributed by atoms with Crippen molar-refractivity contribution >= 4 is 11.6 Å². The zero-order valence-electron chi connectivity index (χ0n) is 12.0. The van der Waals surface area contributed by atoms with Crippen LogP contribution in [0.2, 0.25) is 5.15 Å². The molecule has 0 bridgehead atoms. The van der Waals surface area contributed by atoms with Gasteiger partial charge in [0.15, 0.2) is 0 Å². The van der Waals surface area contributed by atoms with Crippen molar-refractivity contribution in [2.75, 3.05) is 13.7 Å². The normalized spacial score (nSPS) is 14.8. The molecule has 0 aliphatic carbocycles. The van der Waals surface area contributed by atoms with Gasteiger partial charge in [0.2, 0.25) is 0 Å². The molecule has 0 aromatic carbocycles. The first-order chi connectivity index (χ1) is 8.54. The lowest BCUT2D eigenvalue weighted by molar-refractivity contribution is 0.0658. The highest BCUT2D eigenvalue weighted by Crippen LogP contribution is 2.22. The summed E-state index contributed by atoms with van der Waals surface area (Å²) < 4.78 is 7.27. The molecule has 1 rings (SSSR count). The first-order valence-electron chi connectivity index (χ1n) is 6.49. The molecular weight excluding hydrogens is 250 g/mol. The molecule has 5 heteroatoms. The summed E-state index contributed by atoms with van der Waals surface area (Å²) >= 11 is 6.28.